The van der Waals surface area contributed by atoms with E-state index in [2.05, 4.69) is 15.6 Å². The molecule has 172 valence electrons. The van der Waals surface area contributed by atoms with Crippen LogP contribution in [0.4, 0.5) is 20.2 Å². The number of amides is 2. The van der Waals surface area contributed by atoms with E-state index in [1.807, 2.05) is 0 Å². The molecule has 0 aliphatic carbocycles. The van der Waals surface area contributed by atoms with Crippen molar-refractivity contribution in [2.75, 3.05) is 11.9 Å². The lowest BCUT2D eigenvalue weighted by Gasteiger charge is -2.10. The average Bonchev–Trinajstić information content (AvgIpc) is 3.14. The van der Waals surface area contributed by atoms with Crippen LogP contribution in [0.5, 0.6) is 5.75 Å². The van der Waals surface area contributed by atoms with Gasteiger partial charge in [0.05, 0.1) is 21.3 Å². The van der Waals surface area contributed by atoms with Gasteiger partial charge in [-0.2, -0.15) is 0 Å². The maximum atomic E-state index is 13.6. The number of nitrogens with one attached hydrogen (secondary N) is 2. The quantitative estimate of drug-likeness (QED) is 0.437. The first kappa shape index (κ1) is 23.5. The number of ether oxygens (including phenoxy) is 1. The highest BCUT2D eigenvalue weighted by Gasteiger charge is 2.24. The second kappa shape index (κ2) is 10.5. The number of carbonyl (C=O) groups excluding carboxylic acids is 2. The maximum absolute atomic E-state index is 13.6. The Kier molecular flexibility index (Phi) is 7.24. The molecule has 4 rings (SSSR count). The molecule has 0 bridgehead atoms. The van der Waals surface area contributed by atoms with Crippen LogP contribution in [0.1, 0.15) is 5.56 Å². The lowest BCUT2D eigenvalue weighted by atomic mass is 10.2. The second-order valence-corrected chi connectivity index (χ2v) is 8.40. The predicted octanol–water partition coefficient (Wildman–Crippen LogP) is 5.53. The minimum atomic E-state index is -0.550. The molecule has 34 heavy (non-hydrogen) atoms. The van der Waals surface area contributed by atoms with E-state index < -0.39 is 11.7 Å². The summed E-state index contributed by atoms with van der Waals surface area (Å²) in [6.07, 6.45) is 1.63. The normalized spacial score (nSPS) is 15.4. The molecular weight excluding hydrogens is 484 g/mol. The van der Waals surface area contributed by atoms with Gasteiger partial charge in [-0.05, 0) is 71.9 Å². The number of rotatable bonds is 6. The van der Waals surface area contributed by atoms with E-state index in [4.69, 9.17) is 16.3 Å². The van der Waals surface area contributed by atoms with Crippen LogP contribution in [0, 0.1) is 11.6 Å². The zero-order valence-corrected chi connectivity index (χ0v) is 18.9. The number of hydrogen-bond acceptors (Lipinski definition) is 5. The summed E-state index contributed by atoms with van der Waals surface area (Å²) < 4.78 is 32.1. The Hall–Kier alpha value is -3.69. The third-order valence-electron chi connectivity index (χ3n) is 4.47. The van der Waals surface area contributed by atoms with Crippen LogP contribution in [0.15, 0.2) is 76.6 Å². The third-order valence-corrected chi connectivity index (χ3v) is 5.67. The third kappa shape index (κ3) is 6.00. The zero-order valence-electron chi connectivity index (χ0n) is 17.3. The summed E-state index contributed by atoms with van der Waals surface area (Å²) >= 11 is 7.40. The first-order valence-electron chi connectivity index (χ1n) is 9.89. The summed E-state index contributed by atoms with van der Waals surface area (Å²) in [5, 5.41) is 5.68. The number of anilines is 1. The fourth-order valence-corrected chi connectivity index (χ4v) is 3.97. The van der Waals surface area contributed by atoms with E-state index in [0.29, 0.717) is 21.3 Å². The van der Waals surface area contributed by atoms with Crippen LogP contribution in [0.25, 0.3) is 6.08 Å². The summed E-state index contributed by atoms with van der Waals surface area (Å²) in [5.74, 6) is -1.53. The van der Waals surface area contributed by atoms with E-state index in [-0.39, 0.29) is 34.8 Å². The van der Waals surface area contributed by atoms with Crippen LogP contribution in [-0.4, -0.2) is 23.6 Å². The van der Waals surface area contributed by atoms with E-state index in [0.717, 1.165) is 11.8 Å². The van der Waals surface area contributed by atoms with Crippen molar-refractivity contribution in [3.05, 3.63) is 93.9 Å². The van der Waals surface area contributed by atoms with Gasteiger partial charge in [-0.15, -0.1) is 0 Å². The zero-order chi connectivity index (χ0) is 24.1. The molecule has 3 aromatic carbocycles. The fraction of sp³-hybridized carbons (Fsp3) is 0.0417. The average molecular weight is 500 g/mol. The SMILES string of the molecule is O=C(COc1ccc(C=C2SC(=Nc3ccc(F)cc3)NC2=O)cc1Cl)Nc1ccccc1F. The lowest BCUT2D eigenvalue weighted by Crippen LogP contribution is -2.20. The molecule has 6 nitrogen and oxygen atoms in total. The summed E-state index contributed by atoms with van der Waals surface area (Å²) in [6.45, 7) is -0.365. The standard InChI is InChI=1S/C24H16ClF2N3O3S/c25-17-11-14(5-10-20(17)33-13-22(31)29-19-4-2-1-3-18(19)27)12-21-23(32)30-24(34-21)28-16-8-6-15(26)7-9-16/h1-12H,13H2,(H,29,31)(H,28,30,32). The molecule has 0 radical (unpaired) electrons. The van der Waals surface area contributed by atoms with Gasteiger partial charge in [0.2, 0.25) is 0 Å². The van der Waals surface area contributed by atoms with Gasteiger partial charge in [-0.1, -0.05) is 29.8 Å². The van der Waals surface area contributed by atoms with Crippen molar-refractivity contribution >= 4 is 57.8 Å². The molecule has 10 heteroatoms. The van der Waals surface area contributed by atoms with Crippen LogP contribution in [-0.2, 0) is 9.59 Å². The Balaban J connectivity index is 1.38. The largest absolute Gasteiger partial charge is 0.482 e. The van der Waals surface area contributed by atoms with E-state index in [1.165, 1.54) is 42.5 Å². The number of carbonyl (C=O) groups is 2. The van der Waals surface area contributed by atoms with Crippen molar-refractivity contribution in [3.8, 4) is 5.75 Å². The highest BCUT2D eigenvalue weighted by molar-refractivity contribution is 8.18. The molecule has 1 aliphatic heterocycles. The van der Waals surface area contributed by atoms with Crippen LogP contribution in [0.2, 0.25) is 5.02 Å². The topological polar surface area (TPSA) is 79.8 Å². The Bertz CT molecular complexity index is 1310. The minimum Gasteiger partial charge on any atom is -0.482 e. The summed E-state index contributed by atoms with van der Waals surface area (Å²) in [4.78, 5) is 29.0. The summed E-state index contributed by atoms with van der Waals surface area (Å²) in [5.41, 5.74) is 1.20. The number of para-hydroxylation sites is 1. The Morgan fingerprint density at radius 3 is 2.62 bits per heavy atom. The van der Waals surface area contributed by atoms with Gasteiger partial charge < -0.3 is 15.4 Å². The number of aliphatic imine (C=N–C) groups is 1. The van der Waals surface area contributed by atoms with Gasteiger partial charge in [-0.25, -0.2) is 13.8 Å². The van der Waals surface area contributed by atoms with Gasteiger partial charge in [0.1, 0.15) is 17.4 Å². The fourth-order valence-electron chi connectivity index (χ4n) is 2.88. The molecule has 3 aromatic rings. The van der Waals surface area contributed by atoms with Gasteiger partial charge in [0.15, 0.2) is 11.8 Å². The van der Waals surface area contributed by atoms with Crippen LogP contribution in [0.3, 0.4) is 0 Å². The highest BCUT2D eigenvalue weighted by atomic mass is 35.5. The summed E-state index contributed by atoms with van der Waals surface area (Å²) in [7, 11) is 0. The number of benzene rings is 3. The molecule has 0 aromatic heterocycles. The number of hydrogen-bond donors (Lipinski definition) is 2. The van der Waals surface area contributed by atoms with Crippen molar-refractivity contribution < 1.29 is 23.1 Å². The first-order valence-corrected chi connectivity index (χ1v) is 11.1. The second-order valence-electron chi connectivity index (χ2n) is 6.96. The number of halogens is 3. The van der Waals surface area contributed by atoms with E-state index in [9.17, 15) is 18.4 Å². The maximum Gasteiger partial charge on any atom is 0.264 e. The Morgan fingerprint density at radius 2 is 1.88 bits per heavy atom. The molecule has 1 heterocycles. The first-order chi connectivity index (χ1) is 16.4. The van der Waals surface area contributed by atoms with Gasteiger partial charge >= 0.3 is 0 Å². The smallest absolute Gasteiger partial charge is 0.264 e. The van der Waals surface area contributed by atoms with E-state index >= 15 is 0 Å². The number of thioether (sulfide) groups is 1. The Labute approximate surface area is 202 Å². The molecule has 0 spiro atoms. The lowest BCUT2D eigenvalue weighted by molar-refractivity contribution is -0.118. The van der Waals surface area contributed by atoms with Crippen LogP contribution >= 0.6 is 23.4 Å². The molecule has 2 amide bonds. The van der Waals surface area contributed by atoms with Gasteiger partial charge in [0, 0.05) is 0 Å². The van der Waals surface area contributed by atoms with Gasteiger partial charge in [-0.3, -0.25) is 9.59 Å². The predicted molar refractivity (Wildman–Crippen MR) is 129 cm³/mol. The molecular formula is C24H16ClF2N3O3S. The van der Waals surface area contributed by atoms with E-state index in [1.54, 1.807) is 30.3 Å². The molecule has 1 saturated heterocycles. The van der Waals surface area contributed by atoms with Crippen molar-refractivity contribution in [1.29, 1.82) is 0 Å². The Morgan fingerprint density at radius 1 is 1.12 bits per heavy atom. The molecule has 2 N–H and O–H groups in total. The number of amidine groups is 1. The summed E-state index contributed by atoms with van der Waals surface area (Å²) in [6, 6.07) is 16.2. The molecule has 0 atom stereocenters. The number of nitrogens with zero attached hydrogens (tertiary/aromatic N) is 1. The van der Waals surface area contributed by atoms with Crippen LogP contribution < -0.4 is 15.4 Å². The van der Waals surface area contributed by atoms with Crippen molar-refractivity contribution in [3.63, 3.8) is 0 Å². The monoisotopic (exact) mass is 499 g/mol. The van der Waals surface area contributed by atoms with Gasteiger partial charge in [0.25, 0.3) is 11.8 Å². The molecule has 0 unspecified atom stereocenters. The van der Waals surface area contributed by atoms with Crippen molar-refractivity contribution in [1.82, 2.24) is 5.32 Å². The van der Waals surface area contributed by atoms with Crippen molar-refractivity contribution in [2.45, 2.75) is 0 Å². The minimum absolute atomic E-state index is 0.0545. The molecule has 0 saturated carbocycles. The van der Waals surface area contributed by atoms with Crippen molar-refractivity contribution in [2.24, 2.45) is 4.99 Å². The molecule has 1 aliphatic rings. The molecule has 1 fully saturated rings. The highest BCUT2D eigenvalue weighted by Crippen LogP contribution is 2.31.